The van der Waals surface area contributed by atoms with E-state index in [1.54, 1.807) is 0 Å². The van der Waals surface area contributed by atoms with Crippen LogP contribution in [0.3, 0.4) is 0 Å². The van der Waals surface area contributed by atoms with Gasteiger partial charge in [-0.25, -0.2) is 0 Å². The first-order valence-electron chi connectivity index (χ1n) is 3.32. The van der Waals surface area contributed by atoms with Gasteiger partial charge >= 0.3 is 6.18 Å². The van der Waals surface area contributed by atoms with Gasteiger partial charge in [0, 0.05) is 10.7 Å². The predicted octanol–water partition coefficient (Wildman–Crippen LogP) is 1.88. The van der Waals surface area contributed by atoms with E-state index in [0.29, 0.717) is 0 Å². The molecule has 0 saturated carbocycles. The number of hydrogen-bond donors (Lipinski definition) is 1. The summed E-state index contributed by atoms with van der Waals surface area (Å²) in [5.74, 6) is -2.15. The minimum Gasteiger partial charge on any atom is -0.327 e. The first-order valence-corrected chi connectivity index (χ1v) is 4.11. The van der Waals surface area contributed by atoms with Crippen LogP contribution in [0.1, 0.15) is 10.4 Å². The van der Waals surface area contributed by atoms with Crippen LogP contribution in [0.4, 0.5) is 13.2 Å². The van der Waals surface area contributed by atoms with Gasteiger partial charge in [0.1, 0.15) is 0 Å². The molecule has 1 N–H and O–H groups in total. The van der Waals surface area contributed by atoms with Crippen LogP contribution in [0.15, 0.2) is 21.5 Å². The Morgan fingerprint density at radius 2 is 2.00 bits per heavy atom. The third-order valence-electron chi connectivity index (χ3n) is 1.37. The molecule has 0 saturated heterocycles. The maximum absolute atomic E-state index is 11.9. The molecule has 7 heteroatoms. The van der Waals surface area contributed by atoms with Gasteiger partial charge in [0.25, 0.3) is 11.3 Å². The van der Waals surface area contributed by atoms with E-state index in [9.17, 15) is 22.8 Å². The van der Waals surface area contributed by atoms with Crippen LogP contribution < -0.4 is 5.56 Å². The van der Waals surface area contributed by atoms with Crippen LogP contribution in [0.25, 0.3) is 0 Å². The van der Waals surface area contributed by atoms with Gasteiger partial charge in [-0.05, 0) is 22.0 Å². The molecule has 0 aliphatic carbocycles. The third kappa shape index (κ3) is 2.22. The highest BCUT2D eigenvalue weighted by Gasteiger charge is 2.40. The molecule has 0 unspecified atom stereocenters. The molecule has 0 aromatic carbocycles. The Morgan fingerprint density at radius 1 is 1.43 bits per heavy atom. The molecule has 0 aliphatic rings. The zero-order chi connectivity index (χ0) is 10.9. The van der Waals surface area contributed by atoms with Crippen molar-refractivity contribution in [2.45, 2.75) is 6.18 Å². The molecule has 1 aromatic heterocycles. The van der Waals surface area contributed by atoms with Gasteiger partial charge < -0.3 is 4.98 Å². The lowest BCUT2D eigenvalue weighted by Crippen LogP contribution is -2.29. The molecule has 0 fully saturated rings. The monoisotopic (exact) mass is 269 g/mol. The average molecular weight is 270 g/mol. The number of aromatic nitrogens is 1. The normalized spacial score (nSPS) is 11.4. The lowest BCUT2D eigenvalue weighted by Gasteiger charge is -2.03. The van der Waals surface area contributed by atoms with Crippen molar-refractivity contribution in [1.82, 2.24) is 4.98 Å². The van der Waals surface area contributed by atoms with Crippen molar-refractivity contribution >= 4 is 21.7 Å². The predicted molar refractivity (Wildman–Crippen MR) is 45.1 cm³/mol. The number of carbonyl (C=O) groups excluding carboxylic acids is 1. The van der Waals surface area contributed by atoms with Crippen LogP contribution in [-0.4, -0.2) is 16.9 Å². The van der Waals surface area contributed by atoms with E-state index in [-0.39, 0.29) is 4.47 Å². The molecule has 76 valence electrons. The SMILES string of the molecule is O=C(c1cc(Br)c[nH]c1=O)C(F)(F)F. The highest BCUT2D eigenvalue weighted by Crippen LogP contribution is 2.20. The highest BCUT2D eigenvalue weighted by molar-refractivity contribution is 9.10. The van der Waals surface area contributed by atoms with Gasteiger partial charge in [-0.3, -0.25) is 9.59 Å². The Labute approximate surface area is 84.1 Å². The lowest BCUT2D eigenvalue weighted by atomic mass is 10.2. The number of hydrogen-bond acceptors (Lipinski definition) is 2. The number of halogens is 4. The molecule has 1 rings (SSSR count). The van der Waals surface area contributed by atoms with Crippen molar-refractivity contribution in [3.05, 3.63) is 32.7 Å². The van der Waals surface area contributed by atoms with E-state index in [0.717, 1.165) is 12.3 Å². The Bertz CT molecular complexity index is 424. The van der Waals surface area contributed by atoms with Crippen molar-refractivity contribution < 1.29 is 18.0 Å². The summed E-state index contributed by atoms with van der Waals surface area (Å²) in [7, 11) is 0. The Balaban J connectivity index is 3.27. The number of aromatic amines is 1. The standard InChI is InChI=1S/C7H3BrF3NO2/c8-3-1-4(6(14)12-2-3)5(13)7(9,10)11/h1-2H,(H,12,14). The van der Waals surface area contributed by atoms with Crippen molar-refractivity contribution in [3.8, 4) is 0 Å². The molecule has 0 spiro atoms. The summed E-state index contributed by atoms with van der Waals surface area (Å²) >= 11 is 2.84. The third-order valence-corrected chi connectivity index (χ3v) is 1.83. The number of pyridine rings is 1. The van der Waals surface area contributed by atoms with Crippen LogP contribution >= 0.6 is 15.9 Å². The fourth-order valence-electron chi connectivity index (χ4n) is 0.779. The van der Waals surface area contributed by atoms with Crippen molar-refractivity contribution in [2.24, 2.45) is 0 Å². The van der Waals surface area contributed by atoms with E-state index < -0.39 is 23.1 Å². The molecule has 1 heterocycles. The summed E-state index contributed by atoms with van der Waals surface area (Å²) in [6, 6.07) is 0.828. The minimum atomic E-state index is -5.03. The summed E-state index contributed by atoms with van der Waals surface area (Å²) in [5.41, 5.74) is -1.98. The molecule has 0 aliphatic heterocycles. The molecule has 0 bridgehead atoms. The lowest BCUT2D eigenvalue weighted by molar-refractivity contribution is -0.0886. The summed E-state index contributed by atoms with van der Waals surface area (Å²) in [4.78, 5) is 23.5. The van der Waals surface area contributed by atoms with E-state index >= 15 is 0 Å². The molecule has 0 radical (unpaired) electrons. The van der Waals surface area contributed by atoms with Crippen LogP contribution in [0.5, 0.6) is 0 Å². The number of carbonyl (C=O) groups is 1. The molecular weight excluding hydrogens is 267 g/mol. The first kappa shape index (κ1) is 11.0. The van der Waals surface area contributed by atoms with Crippen LogP contribution in [0.2, 0.25) is 0 Å². The number of H-pyrrole nitrogens is 1. The smallest absolute Gasteiger partial charge is 0.327 e. The second-order valence-electron chi connectivity index (χ2n) is 2.39. The second-order valence-corrected chi connectivity index (χ2v) is 3.30. The van der Waals surface area contributed by atoms with Crippen molar-refractivity contribution in [1.29, 1.82) is 0 Å². The maximum atomic E-state index is 11.9. The van der Waals surface area contributed by atoms with Crippen molar-refractivity contribution in [3.63, 3.8) is 0 Å². The van der Waals surface area contributed by atoms with Gasteiger partial charge in [0.05, 0.1) is 5.56 Å². The molecule has 14 heavy (non-hydrogen) atoms. The summed E-state index contributed by atoms with van der Waals surface area (Å²) in [6.07, 6.45) is -3.89. The number of ketones is 1. The highest BCUT2D eigenvalue weighted by atomic mass is 79.9. The van der Waals surface area contributed by atoms with Gasteiger partial charge in [0.15, 0.2) is 0 Å². The summed E-state index contributed by atoms with van der Waals surface area (Å²) in [6.45, 7) is 0. The maximum Gasteiger partial charge on any atom is 0.455 e. The first-order chi connectivity index (χ1) is 6.32. The quantitative estimate of drug-likeness (QED) is 0.792. The van der Waals surface area contributed by atoms with Gasteiger partial charge in [-0.2, -0.15) is 13.2 Å². The molecule has 3 nitrogen and oxygen atoms in total. The fraction of sp³-hybridized carbons (Fsp3) is 0.143. The summed E-state index contributed by atoms with van der Waals surface area (Å²) < 4.78 is 36.0. The number of rotatable bonds is 1. The molecule has 1 aromatic rings. The van der Waals surface area contributed by atoms with E-state index in [2.05, 4.69) is 15.9 Å². The second kappa shape index (κ2) is 3.56. The Hall–Kier alpha value is -1.11. The van der Waals surface area contributed by atoms with Gasteiger partial charge in [0.2, 0.25) is 0 Å². The topological polar surface area (TPSA) is 49.9 Å². The Kier molecular flexibility index (Phi) is 2.79. The molecule has 0 atom stereocenters. The van der Waals surface area contributed by atoms with E-state index in [1.807, 2.05) is 4.98 Å². The molecule has 0 amide bonds. The number of Topliss-reactive ketones (excluding diaryl/α,β-unsaturated/α-hetero) is 1. The van der Waals surface area contributed by atoms with Crippen LogP contribution in [-0.2, 0) is 0 Å². The zero-order valence-electron chi connectivity index (χ0n) is 6.48. The zero-order valence-corrected chi connectivity index (χ0v) is 8.07. The van der Waals surface area contributed by atoms with Gasteiger partial charge in [-0.1, -0.05) is 0 Å². The van der Waals surface area contributed by atoms with E-state index in [4.69, 9.17) is 0 Å². The van der Waals surface area contributed by atoms with Crippen molar-refractivity contribution in [2.75, 3.05) is 0 Å². The minimum absolute atomic E-state index is 0.199. The summed E-state index contributed by atoms with van der Waals surface area (Å²) in [5, 5.41) is 0. The molecular formula is C7H3BrF3NO2. The van der Waals surface area contributed by atoms with E-state index in [1.165, 1.54) is 0 Å². The van der Waals surface area contributed by atoms with Crippen LogP contribution in [0, 0.1) is 0 Å². The number of alkyl halides is 3. The Morgan fingerprint density at radius 3 is 2.50 bits per heavy atom. The average Bonchev–Trinajstić information content (AvgIpc) is 2.06. The number of nitrogens with one attached hydrogen (secondary N) is 1. The fourth-order valence-corrected chi connectivity index (χ4v) is 1.12. The van der Waals surface area contributed by atoms with Gasteiger partial charge in [-0.15, -0.1) is 0 Å². The largest absolute Gasteiger partial charge is 0.455 e.